The van der Waals surface area contributed by atoms with Gasteiger partial charge in [0, 0.05) is 13.1 Å². The maximum Gasteiger partial charge on any atom is 0.261 e. The molecule has 186 valence electrons. The van der Waals surface area contributed by atoms with Crippen LogP contribution in [-0.4, -0.2) is 34.7 Å². The van der Waals surface area contributed by atoms with Gasteiger partial charge in [-0.05, 0) is 60.4 Å². The molecule has 4 rings (SSSR count). The Morgan fingerprint density at radius 1 is 0.667 bits per heavy atom. The Balaban J connectivity index is 1.86. The summed E-state index contributed by atoms with van der Waals surface area (Å²) in [5, 5.41) is 3.97. The van der Waals surface area contributed by atoms with E-state index >= 15 is 0 Å². The topological polar surface area (TPSA) is 40.6 Å². The molecule has 0 unspecified atom stereocenters. The number of carbonyl (C=O) groups excluding carboxylic acids is 2. The van der Waals surface area contributed by atoms with Crippen molar-refractivity contribution in [2.75, 3.05) is 13.1 Å². The second-order valence-electron chi connectivity index (χ2n) is 9.06. The number of hydrogen-bond acceptors (Lipinski definition) is 4. The first-order valence-corrected chi connectivity index (χ1v) is 14.0. The van der Waals surface area contributed by atoms with Gasteiger partial charge in [-0.15, -0.1) is 49.0 Å². The molecule has 0 aromatic carbocycles. The van der Waals surface area contributed by atoms with E-state index in [-0.39, 0.29) is 23.7 Å². The molecule has 0 spiro atoms. The number of carbonyl (C=O) groups is 2. The monoisotopic (exact) mass is 516 g/mol. The zero-order valence-electron chi connectivity index (χ0n) is 20.5. The number of fused-ring (bicyclic) bond motifs is 1. The van der Waals surface area contributed by atoms with E-state index in [0.717, 1.165) is 46.8 Å². The predicted molar refractivity (Wildman–Crippen MR) is 152 cm³/mol. The molecule has 2 aliphatic rings. The third kappa shape index (κ3) is 4.88. The minimum atomic E-state index is -0.102. The molecule has 0 radical (unpaired) electrons. The summed E-state index contributed by atoms with van der Waals surface area (Å²) < 4.78 is 0. The van der Waals surface area contributed by atoms with Gasteiger partial charge in [-0.1, -0.05) is 36.4 Å². The van der Waals surface area contributed by atoms with Crippen molar-refractivity contribution < 1.29 is 9.59 Å². The number of allylic oxidation sites excluding steroid dienone is 4. The third-order valence-electron chi connectivity index (χ3n) is 6.57. The summed E-state index contributed by atoms with van der Waals surface area (Å²) in [6.07, 6.45) is 10.6. The molecule has 0 bridgehead atoms. The van der Waals surface area contributed by atoms with Crippen molar-refractivity contribution in [2.45, 2.75) is 25.7 Å². The van der Waals surface area contributed by atoms with Crippen LogP contribution in [-0.2, 0) is 9.59 Å². The van der Waals surface area contributed by atoms with E-state index in [1.165, 1.54) is 0 Å². The quantitative estimate of drug-likeness (QED) is 0.250. The average molecular weight is 517 g/mol. The van der Waals surface area contributed by atoms with Crippen LogP contribution in [0.2, 0.25) is 0 Å². The highest BCUT2D eigenvalue weighted by molar-refractivity contribution is 7.11. The fourth-order valence-electron chi connectivity index (χ4n) is 5.03. The van der Waals surface area contributed by atoms with Gasteiger partial charge >= 0.3 is 0 Å². The van der Waals surface area contributed by atoms with Gasteiger partial charge in [-0.3, -0.25) is 9.59 Å². The van der Waals surface area contributed by atoms with Crippen LogP contribution in [0.15, 0.2) is 96.8 Å². The highest BCUT2D eigenvalue weighted by Crippen LogP contribution is 2.48. The summed E-state index contributed by atoms with van der Waals surface area (Å²) in [5.41, 5.74) is 2.51. The molecular formula is C30H32N2O2S2. The molecule has 0 aliphatic carbocycles. The van der Waals surface area contributed by atoms with E-state index in [1.807, 2.05) is 69.1 Å². The number of thiophene rings is 2. The molecule has 0 N–H and O–H groups in total. The maximum absolute atomic E-state index is 14.1. The first-order valence-electron chi connectivity index (χ1n) is 12.2. The summed E-state index contributed by atoms with van der Waals surface area (Å²) >= 11 is 3.10. The van der Waals surface area contributed by atoms with Crippen LogP contribution in [0.5, 0.6) is 0 Å². The van der Waals surface area contributed by atoms with Crippen LogP contribution in [0.1, 0.15) is 35.4 Å². The van der Waals surface area contributed by atoms with Gasteiger partial charge in [-0.25, -0.2) is 0 Å². The summed E-state index contributed by atoms with van der Waals surface area (Å²) in [6.45, 7) is 16.6. The van der Waals surface area contributed by atoms with Crippen molar-refractivity contribution in [1.29, 1.82) is 0 Å². The van der Waals surface area contributed by atoms with E-state index in [0.29, 0.717) is 24.2 Å². The molecule has 6 heteroatoms. The lowest BCUT2D eigenvalue weighted by Gasteiger charge is -2.28. The molecule has 0 atom stereocenters. The molecule has 4 heterocycles. The molecule has 0 saturated heterocycles. The Morgan fingerprint density at radius 3 is 1.31 bits per heavy atom. The van der Waals surface area contributed by atoms with Gasteiger partial charge in [0.05, 0.1) is 32.3 Å². The fourth-order valence-corrected chi connectivity index (χ4v) is 6.60. The van der Waals surface area contributed by atoms with E-state index in [1.54, 1.807) is 22.7 Å². The molecule has 2 aliphatic heterocycles. The van der Waals surface area contributed by atoms with Crippen molar-refractivity contribution in [2.24, 2.45) is 11.8 Å². The molecular weight excluding hydrogens is 484 g/mol. The van der Waals surface area contributed by atoms with Gasteiger partial charge in [0.15, 0.2) is 0 Å². The highest BCUT2D eigenvalue weighted by Gasteiger charge is 2.49. The smallest absolute Gasteiger partial charge is 0.261 e. The summed E-state index contributed by atoms with van der Waals surface area (Å²) in [6, 6.07) is 7.91. The zero-order valence-corrected chi connectivity index (χ0v) is 22.2. The van der Waals surface area contributed by atoms with Crippen molar-refractivity contribution in [1.82, 2.24) is 9.80 Å². The Kier molecular flexibility index (Phi) is 8.39. The lowest BCUT2D eigenvalue weighted by Crippen LogP contribution is -2.34. The minimum absolute atomic E-state index is 0.102. The second-order valence-corrected chi connectivity index (χ2v) is 11.0. The number of amides is 2. The van der Waals surface area contributed by atoms with Gasteiger partial charge in [0.1, 0.15) is 0 Å². The van der Waals surface area contributed by atoms with Gasteiger partial charge in [0.2, 0.25) is 0 Å². The van der Waals surface area contributed by atoms with Crippen LogP contribution >= 0.6 is 22.7 Å². The maximum atomic E-state index is 14.1. The Hall–Kier alpha value is -3.22. The highest BCUT2D eigenvalue weighted by atomic mass is 32.1. The molecule has 0 fully saturated rings. The van der Waals surface area contributed by atoms with E-state index in [4.69, 9.17) is 0 Å². The summed E-state index contributed by atoms with van der Waals surface area (Å²) in [5.74, 6) is 0.157. The van der Waals surface area contributed by atoms with E-state index < -0.39 is 0 Å². The molecule has 4 nitrogen and oxygen atoms in total. The van der Waals surface area contributed by atoms with Crippen LogP contribution in [0.4, 0.5) is 0 Å². The third-order valence-corrected chi connectivity index (χ3v) is 8.33. The Labute approximate surface area is 221 Å². The van der Waals surface area contributed by atoms with Gasteiger partial charge in [-0.2, -0.15) is 0 Å². The fraction of sp³-hybridized carbons (Fsp3) is 0.267. The van der Waals surface area contributed by atoms with Crippen LogP contribution < -0.4 is 0 Å². The van der Waals surface area contributed by atoms with Crippen LogP contribution in [0.25, 0.3) is 11.4 Å². The van der Waals surface area contributed by atoms with Crippen molar-refractivity contribution in [3.63, 3.8) is 0 Å². The average Bonchev–Trinajstić information content (AvgIpc) is 3.65. The molecule has 36 heavy (non-hydrogen) atoms. The molecule has 0 saturated carbocycles. The van der Waals surface area contributed by atoms with Crippen LogP contribution in [0, 0.1) is 11.8 Å². The van der Waals surface area contributed by atoms with Crippen molar-refractivity contribution in [3.8, 4) is 0 Å². The SMILES string of the molecule is C=CCC(CC=C)CN1C(=O)C2=C(c3cccs3)N(CC(CC=C)CC=C)C(=O)C2=C1c1cccs1. The standard InChI is InChI=1S/C30H32N2O2S2/c1-5-11-21(12-6-2)19-31-27(23-15-9-17-35-23)25-26(29(31)33)28(24-16-10-18-36-24)32(30(25)34)20-22(13-7-3)14-8-4/h5-10,15-18,21-22H,1-4,11-14,19-20H2. The lowest BCUT2D eigenvalue weighted by atomic mass is 10.00. The summed E-state index contributed by atoms with van der Waals surface area (Å²) in [7, 11) is 0. The van der Waals surface area contributed by atoms with Crippen molar-refractivity contribution in [3.05, 3.63) is 107 Å². The Morgan fingerprint density at radius 2 is 1.03 bits per heavy atom. The van der Waals surface area contributed by atoms with E-state index in [2.05, 4.69) is 26.3 Å². The summed E-state index contributed by atoms with van der Waals surface area (Å²) in [4.78, 5) is 33.8. The first-order chi connectivity index (χ1) is 17.5. The van der Waals surface area contributed by atoms with Crippen molar-refractivity contribution >= 4 is 45.9 Å². The largest absolute Gasteiger partial charge is 0.306 e. The van der Waals surface area contributed by atoms with Crippen LogP contribution in [0.3, 0.4) is 0 Å². The van der Waals surface area contributed by atoms with E-state index in [9.17, 15) is 9.59 Å². The number of rotatable bonds is 14. The minimum Gasteiger partial charge on any atom is -0.306 e. The number of nitrogens with zero attached hydrogens (tertiary/aromatic N) is 2. The first kappa shape index (κ1) is 25.9. The van der Waals surface area contributed by atoms with Gasteiger partial charge < -0.3 is 9.80 Å². The molecule has 2 aromatic rings. The second kappa shape index (κ2) is 11.7. The normalized spacial score (nSPS) is 15.5. The molecule has 2 amide bonds. The number of hydrogen-bond donors (Lipinski definition) is 0. The zero-order chi connectivity index (χ0) is 25.7. The lowest BCUT2D eigenvalue weighted by molar-refractivity contribution is -0.124. The van der Waals surface area contributed by atoms with Gasteiger partial charge in [0.25, 0.3) is 11.8 Å². The Bertz CT molecular complexity index is 1100. The predicted octanol–water partition coefficient (Wildman–Crippen LogP) is 7.15. The molecule has 2 aromatic heterocycles.